The molecule has 0 saturated heterocycles. The Kier molecular flexibility index (Phi) is 14.7. The largest absolute Gasteiger partial charge is 0.383 e. The van der Waals surface area contributed by atoms with Crippen molar-refractivity contribution in [1.29, 1.82) is 5.41 Å². The summed E-state index contributed by atoms with van der Waals surface area (Å²) in [5.74, 6) is 0.243. The maximum absolute atomic E-state index is 8.19. The van der Waals surface area contributed by atoms with E-state index in [2.05, 4.69) is 182 Å². The van der Waals surface area contributed by atoms with Gasteiger partial charge in [-0.05, 0) is 110 Å². The molecular formula is C57H57N3. The van der Waals surface area contributed by atoms with Crippen LogP contribution in [0.1, 0.15) is 67.5 Å². The zero-order valence-electron chi connectivity index (χ0n) is 35.9. The Hall–Kier alpha value is -7.10. The van der Waals surface area contributed by atoms with E-state index in [1.165, 1.54) is 44.7 Å². The van der Waals surface area contributed by atoms with Crippen molar-refractivity contribution >= 4 is 50.4 Å². The molecule has 0 heterocycles. The van der Waals surface area contributed by atoms with Gasteiger partial charge >= 0.3 is 0 Å². The maximum atomic E-state index is 8.19. The zero-order valence-corrected chi connectivity index (χ0v) is 35.9. The van der Waals surface area contributed by atoms with E-state index in [0.717, 1.165) is 50.6 Å². The fourth-order valence-electron chi connectivity index (χ4n) is 7.42. The fraction of sp³-hybridized carbons (Fsp3) is 0.123. The second kappa shape index (κ2) is 20.0. The quantitative estimate of drug-likeness (QED) is 0.0469. The topological polar surface area (TPSA) is 62.2 Å². The molecule has 300 valence electrons. The second-order valence-corrected chi connectivity index (χ2v) is 15.2. The summed E-state index contributed by atoms with van der Waals surface area (Å²) in [6, 6.07) is 42.1. The Morgan fingerprint density at radius 1 is 0.767 bits per heavy atom. The molecule has 0 unspecified atom stereocenters. The normalized spacial score (nSPS) is 13.0. The van der Waals surface area contributed by atoms with Crippen LogP contribution in [0.5, 0.6) is 0 Å². The number of nitrogens with one attached hydrogen (secondary N) is 1. The van der Waals surface area contributed by atoms with Crippen molar-refractivity contribution in [2.45, 2.75) is 46.5 Å². The number of nitrogens with zero attached hydrogens (tertiary/aromatic N) is 1. The van der Waals surface area contributed by atoms with Gasteiger partial charge in [0.1, 0.15) is 5.84 Å². The third kappa shape index (κ3) is 9.77. The highest BCUT2D eigenvalue weighted by Crippen LogP contribution is 2.48. The molecule has 0 aromatic heterocycles. The molecule has 0 saturated carbocycles. The molecule has 6 aromatic carbocycles. The SMILES string of the molecule is C=CC(=C)C(=N)N=C(N)c1cccc(-c2cccc3c2c(/C=C\C(=C)c2ccc4c(c2)C(C)(C)C(C=C)=C4/C=C\C)cc2ccccc23)c1.C=CCC.Cc1ccccc1. The zero-order chi connectivity index (χ0) is 43.4. The summed E-state index contributed by atoms with van der Waals surface area (Å²) in [5.41, 5.74) is 18.9. The lowest BCUT2D eigenvalue weighted by molar-refractivity contribution is 0.654. The van der Waals surface area contributed by atoms with E-state index >= 15 is 0 Å². The number of benzene rings is 6. The molecule has 3 N–H and O–H groups in total. The minimum absolute atomic E-state index is 0.00948. The summed E-state index contributed by atoms with van der Waals surface area (Å²) in [6.07, 6.45) is 15.0. The predicted molar refractivity (Wildman–Crippen MR) is 266 cm³/mol. The lowest BCUT2D eigenvalue weighted by atomic mass is 9.80. The molecule has 1 aliphatic rings. The molecule has 1 aliphatic carbocycles. The van der Waals surface area contributed by atoms with Crippen molar-refractivity contribution in [2.24, 2.45) is 10.7 Å². The summed E-state index contributed by atoms with van der Waals surface area (Å²) < 4.78 is 0. The molecular weight excluding hydrogens is 727 g/mol. The van der Waals surface area contributed by atoms with Gasteiger partial charge in [-0.3, -0.25) is 5.41 Å². The lowest BCUT2D eigenvalue weighted by Gasteiger charge is -2.23. The van der Waals surface area contributed by atoms with Gasteiger partial charge in [0.05, 0.1) is 0 Å². The van der Waals surface area contributed by atoms with E-state index in [9.17, 15) is 0 Å². The van der Waals surface area contributed by atoms with E-state index in [1.807, 2.05) is 48.6 Å². The fourth-order valence-corrected chi connectivity index (χ4v) is 7.42. The lowest BCUT2D eigenvalue weighted by Crippen LogP contribution is -2.16. The summed E-state index contributed by atoms with van der Waals surface area (Å²) in [4.78, 5) is 4.28. The van der Waals surface area contributed by atoms with Crippen molar-refractivity contribution in [3.05, 3.63) is 235 Å². The first kappa shape index (κ1) is 44.0. The van der Waals surface area contributed by atoms with Gasteiger partial charge in [0.15, 0.2) is 5.84 Å². The first-order chi connectivity index (χ1) is 28.9. The van der Waals surface area contributed by atoms with Crippen LogP contribution in [0.3, 0.4) is 0 Å². The van der Waals surface area contributed by atoms with Crippen LogP contribution in [-0.4, -0.2) is 11.7 Å². The number of allylic oxidation sites excluding steroid dienone is 8. The van der Waals surface area contributed by atoms with Gasteiger partial charge in [-0.2, -0.15) is 0 Å². The Balaban J connectivity index is 0.000000543. The second-order valence-electron chi connectivity index (χ2n) is 15.2. The maximum Gasteiger partial charge on any atom is 0.153 e. The molecule has 0 aliphatic heterocycles. The number of hydrogen-bond donors (Lipinski definition) is 2. The van der Waals surface area contributed by atoms with Gasteiger partial charge < -0.3 is 5.73 Å². The van der Waals surface area contributed by atoms with Gasteiger partial charge in [-0.15, -0.1) is 6.58 Å². The standard InChI is InChI=1S/C46H41N3.C7H8.C4H8/c1-8-15-38-39-25-24-31(28-42(39)46(6,7)41(38)10-3)30(5)22-23-34-26-32-16-11-12-19-36(32)40-21-14-20-37(43(34)40)33-17-13-18-35(27-33)45(48)49-44(47)29(4)9-2;1-7-5-3-2-4-6-7;1-3-4-2/h8-28H,2-5H2,1,6-7H3,(H3,47,48,49);2-6H,1H3;3H,1,4H2,2H3/b15-8-,23-22-;;. The number of hydrogen-bond acceptors (Lipinski definition) is 1. The molecule has 0 fully saturated rings. The third-order valence-electron chi connectivity index (χ3n) is 10.7. The average Bonchev–Trinajstić information content (AvgIpc) is 3.49. The summed E-state index contributed by atoms with van der Waals surface area (Å²) >= 11 is 0. The van der Waals surface area contributed by atoms with Crippen LogP contribution >= 0.6 is 0 Å². The number of rotatable bonds is 10. The van der Waals surface area contributed by atoms with Gasteiger partial charge in [0.25, 0.3) is 0 Å². The molecule has 3 nitrogen and oxygen atoms in total. The first-order valence-electron chi connectivity index (χ1n) is 20.3. The Morgan fingerprint density at radius 3 is 2.10 bits per heavy atom. The molecule has 3 heteroatoms. The number of aryl methyl sites for hydroxylation is 1. The number of amidine groups is 2. The van der Waals surface area contributed by atoms with Crippen LogP contribution in [0, 0.1) is 12.3 Å². The van der Waals surface area contributed by atoms with Crippen LogP contribution in [-0.2, 0) is 5.41 Å². The van der Waals surface area contributed by atoms with Crippen LogP contribution < -0.4 is 5.73 Å². The van der Waals surface area contributed by atoms with Crippen molar-refractivity contribution in [2.75, 3.05) is 0 Å². The summed E-state index contributed by atoms with van der Waals surface area (Å²) in [6.45, 7) is 30.4. The Bertz CT molecular complexity index is 2730. The molecule has 6 aromatic rings. The number of nitrogens with two attached hydrogens (primary N) is 1. The van der Waals surface area contributed by atoms with E-state index in [-0.39, 0.29) is 17.1 Å². The smallest absolute Gasteiger partial charge is 0.153 e. The van der Waals surface area contributed by atoms with Crippen LogP contribution in [0.2, 0.25) is 0 Å². The minimum Gasteiger partial charge on any atom is -0.383 e. The Labute approximate surface area is 357 Å². The molecule has 7 rings (SSSR count). The van der Waals surface area contributed by atoms with E-state index < -0.39 is 0 Å². The molecule has 0 radical (unpaired) electrons. The number of aliphatic imine (C=N–C) groups is 1. The molecule has 0 spiro atoms. The summed E-state index contributed by atoms with van der Waals surface area (Å²) in [5, 5.41) is 12.8. The van der Waals surface area contributed by atoms with Gasteiger partial charge in [-0.25, -0.2) is 4.99 Å². The Morgan fingerprint density at radius 2 is 1.45 bits per heavy atom. The monoisotopic (exact) mass is 783 g/mol. The van der Waals surface area contributed by atoms with Gasteiger partial charge in [0, 0.05) is 16.6 Å². The highest BCUT2D eigenvalue weighted by atomic mass is 14.9. The molecule has 60 heavy (non-hydrogen) atoms. The highest BCUT2D eigenvalue weighted by molar-refractivity contribution is 6.16. The van der Waals surface area contributed by atoms with Crippen LogP contribution in [0.25, 0.3) is 49.9 Å². The van der Waals surface area contributed by atoms with E-state index in [1.54, 1.807) is 0 Å². The highest BCUT2D eigenvalue weighted by Gasteiger charge is 2.35. The van der Waals surface area contributed by atoms with Gasteiger partial charge in [0.2, 0.25) is 0 Å². The number of fused-ring (bicyclic) bond motifs is 4. The van der Waals surface area contributed by atoms with Crippen molar-refractivity contribution in [3.63, 3.8) is 0 Å². The third-order valence-corrected chi connectivity index (χ3v) is 10.7. The summed E-state index contributed by atoms with van der Waals surface area (Å²) in [7, 11) is 0. The van der Waals surface area contributed by atoms with Crippen molar-refractivity contribution in [1.82, 2.24) is 0 Å². The first-order valence-corrected chi connectivity index (χ1v) is 20.3. The molecule has 0 bridgehead atoms. The molecule has 0 amide bonds. The van der Waals surface area contributed by atoms with E-state index in [0.29, 0.717) is 5.57 Å². The van der Waals surface area contributed by atoms with Crippen molar-refractivity contribution in [3.8, 4) is 11.1 Å². The molecule has 0 atom stereocenters. The average molecular weight is 784 g/mol. The van der Waals surface area contributed by atoms with Crippen molar-refractivity contribution < 1.29 is 0 Å². The predicted octanol–water partition coefficient (Wildman–Crippen LogP) is 15.2. The van der Waals surface area contributed by atoms with E-state index in [4.69, 9.17) is 11.1 Å². The van der Waals surface area contributed by atoms with Crippen LogP contribution in [0.15, 0.2) is 207 Å². The minimum atomic E-state index is -0.155. The van der Waals surface area contributed by atoms with Gasteiger partial charge in [-0.1, -0.05) is 198 Å². The van der Waals surface area contributed by atoms with Crippen LogP contribution in [0.4, 0.5) is 0 Å².